The minimum absolute atomic E-state index is 0.0798. The van der Waals surface area contributed by atoms with Crippen LogP contribution < -0.4 is 26.2 Å². The number of ether oxygens (including phenoxy) is 3. The summed E-state index contributed by atoms with van der Waals surface area (Å²) in [6, 6.07) is 29.4. The van der Waals surface area contributed by atoms with Crippen LogP contribution in [0.4, 0.5) is 4.79 Å². The Morgan fingerprint density at radius 2 is 1.63 bits per heavy atom. The highest BCUT2D eigenvalue weighted by molar-refractivity contribution is 5.91. The lowest BCUT2D eigenvalue weighted by Gasteiger charge is -2.43. The molecule has 3 aliphatic heterocycles. The average molecular weight is 804 g/mol. The number of aromatic nitrogens is 1. The number of para-hydroxylation sites is 1. The molecule has 4 aromatic carbocycles. The number of alkyl carbamates (subject to hydrolysis) is 1. The number of aliphatic hydroxyl groups is 1. The third kappa shape index (κ3) is 10.6. The highest BCUT2D eigenvalue weighted by Gasteiger charge is 2.37. The smallest absolute Gasteiger partial charge is 0.408 e. The van der Waals surface area contributed by atoms with Crippen LogP contribution in [-0.4, -0.2) is 90.0 Å². The highest BCUT2D eigenvalue weighted by atomic mass is 16.6. The Morgan fingerprint density at radius 3 is 2.39 bits per heavy atom. The van der Waals surface area contributed by atoms with E-state index in [1.807, 2.05) is 54.6 Å². The van der Waals surface area contributed by atoms with Crippen molar-refractivity contribution in [3.8, 4) is 11.5 Å². The molecule has 0 aliphatic carbocycles. The molecule has 5 aromatic rings. The molecule has 3 fully saturated rings. The second kappa shape index (κ2) is 19.5. The second-order valence-corrected chi connectivity index (χ2v) is 14.9. The zero-order valence-corrected chi connectivity index (χ0v) is 32.6. The van der Waals surface area contributed by atoms with Crippen LogP contribution in [0, 0.1) is 5.92 Å². The Bertz CT molecular complexity index is 2280. The van der Waals surface area contributed by atoms with Crippen LogP contribution >= 0.6 is 0 Å². The number of hydrogen-bond donors (Lipinski definition) is 6. The maximum absolute atomic E-state index is 13.3. The third-order valence-electron chi connectivity index (χ3n) is 10.9. The molecule has 4 heterocycles. The summed E-state index contributed by atoms with van der Waals surface area (Å²) in [5, 5.41) is 30.3. The summed E-state index contributed by atoms with van der Waals surface area (Å²) in [7, 11) is 0. The van der Waals surface area contributed by atoms with Crippen molar-refractivity contribution < 1.29 is 38.8 Å². The normalized spacial score (nSPS) is 18.1. The number of pyridine rings is 1. The van der Waals surface area contributed by atoms with E-state index in [9.17, 15) is 29.4 Å². The fraction of sp³-hybridized carbons (Fsp3) is 0.333. The minimum atomic E-state index is -0.894. The number of H-pyrrole nitrogens is 1. The first kappa shape index (κ1) is 41.0. The zero-order valence-electron chi connectivity index (χ0n) is 32.6. The molecule has 2 bridgehead atoms. The van der Waals surface area contributed by atoms with E-state index in [1.165, 1.54) is 12.1 Å². The number of carbonyl (C=O) groups is 3. The number of carbonyl (C=O) groups excluding carboxylic acids is 3. The number of aromatic amines is 1. The number of hydrogen-bond acceptors (Lipinski definition) is 11. The molecule has 59 heavy (non-hydrogen) atoms. The predicted octanol–water partition coefficient (Wildman–Crippen LogP) is 4.71. The van der Waals surface area contributed by atoms with Gasteiger partial charge in [0.1, 0.15) is 24.2 Å². The van der Waals surface area contributed by atoms with Crippen molar-refractivity contribution in [3.63, 3.8) is 0 Å². The Morgan fingerprint density at radius 1 is 0.864 bits per heavy atom. The fourth-order valence-electron chi connectivity index (χ4n) is 7.67. The van der Waals surface area contributed by atoms with Crippen LogP contribution in [0.1, 0.15) is 64.0 Å². The first-order chi connectivity index (χ1) is 28.7. The topological polar surface area (TPSA) is 192 Å². The SMILES string of the molecule is O=C(COC(=O)c1ccc(COc2ccccc2C(NC(=O)O[C@H]2CN3CCC2CC3)c2ccccc2)cc1)NCCCNC[C@H](O)c1ccc(O)c2[nH]c(=O)ccc12. The number of benzene rings is 4. The molecule has 2 amide bonds. The number of nitrogens with one attached hydrogen (secondary N) is 4. The van der Waals surface area contributed by atoms with Crippen molar-refractivity contribution in [3.05, 3.63) is 141 Å². The molecule has 0 radical (unpaired) electrons. The van der Waals surface area contributed by atoms with Crippen molar-refractivity contribution >= 4 is 28.9 Å². The van der Waals surface area contributed by atoms with Crippen LogP contribution in [-0.2, 0) is 20.9 Å². The number of phenols is 1. The molecule has 3 atom stereocenters. The van der Waals surface area contributed by atoms with Crippen molar-refractivity contribution in [2.45, 2.75) is 44.1 Å². The van der Waals surface area contributed by atoms with Gasteiger partial charge in [-0.2, -0.15) is 0 Å². The lowest BCUT2D eigenvalue weighted by atomic mass is 9.86. The summed E-state index contributed by atoms with van der Waals surface area (Å²) in [4.78, 5) is 55.0. The number of aromatic hydroxyl groups is 1. The molecule has 14 nitrogen and oxygen atoms in total. The molecule has 3 aliphatic rings. The van der Waals surface area contributed by atoms with E-state index in [0.717, 1.165) is 49.2 Å². The van der Waals surface area contributed by atoms with Gasteiger partial charge < -0.3 is 45.4 Å². The summed E-state index contributed by atoms with van der Waals surface area (Å²) >= 11 is 0. The van der Waals surface area contributed by atoms with E-state index in [-0.39, 0.29) is 41.6 Å². The summed E-state index contributed by atoms with van der Waals surface area (Å²) in [6.45, 7) is 3.67. The van der Waals surface area contributed by atoms with Gasteiger partial charge in [-0.1, -0.05) is 66.7 Å². The van der Waals surface area contributed by atoms with Gasteiger partial charge in [-0.3, -0.25) is 14.5 Å². The van der Waals surface area contributed by atoms with Gasteiger partial charge in [0, 0.05) is 36.7 Å². The Balaban J connectivity index is 0.842. The van der Waals surface area contributed by atoms with Crippen LogP contribution in [0.5, 0.6) is 11.5 Å². The van der Waals surface area contributed by atoms with E-state index in [4.69, 9.17) is 14.2 Å². The molecule has 0 spiro atoms. The maximum atomic E-state index is 13.3. The number of nitrogens with zero attached hydrogens (tertiary/aromatic N) is 1. The van der Waals surface area contributed by atoms with Crippen LogP contribution in [0.25, 0.3) is 10.9 Å². The van der Waals surface area contributed by atoms with Gasteiger partial charge in [0.05, 0.1) is 23.2 Å². The van der Waals surface area contributed by atoms with Gasteiger partial charge in [0.15, 0.2) is 6.61 Å². The summed E-state index contributed by atoms with van der Waals surface area (Å²) in [5.74, 6) is -0.177. The first-order valence-corrected chi connectivity index (χ1v) is 19.9. The molecular weight excluding hydrogens is 755 g/mol. The van der Waals surface area contributed by atoms with Gasteiger partial charge in [0.25, 0.3) is 5.91 Å². The van der Waals surface area contributed by atoms with E-state index < -0.39 is 36.7 Å². The number of rotatable bonds is 17. The standard InChI is InChI=1S/C45H49N5O9/c51-36-17-15-33(34-16-18-40(53)48-43(34)36)37(52)25-46-21-6-22-47-41(54)28-58-44(55)32-13-11-29(12-14-32)27-57-38-10-5-4-9-35(38)42(31-7-2-1-3-8-31)49-45(56)59-39-26-50-23-19-30(39)20-24-50/h1-5,7-18,30,37,39,42,46,51-52H,6,19-28H2,(H,47,54)(H,48,53)(H,49,56)/t37-,39-,42?/m0/s1. The van der Waals surface area contributed by atoms with E-state index in [2.05, 4.69) is 25.8 Å². The lowest BCUT2D eigenvalue weighted by Crippen LogP contribution is -2.52. The summed E-state index contributed by atoms with van der Waals surface area (Å²) < 4.78 is 17.5. The monoisotopic (exact) mass is 803 g/mol. The van der Waals surface area contributed by atoms with Gasteiger partial charge in [-0.25, -0.2) is 9.59 Å². The number of aliphatic hydroxyl groups excluding tert-OH is 1. The zero-order chi connectivity index (χ0) is 41.1. The van der Waals surface area contributed by atoms with E-state index >= 15 is 0 Å². The third-order valence-corrected chi connectivity index (χ3v) is 10.9. The van der Waals surface area contributed by atoms with Gasteiger partial charge in [-0.15, -0.1) is 0 Å². The number of phenolic OH excluding ortho intramolecular Hbond substituents is 1. The molecule has 1 aromatic heterocycles. The minimum Gasteiger partial charge on any atom is -0.506 e. The Labute approximate surface area is 341 Å². The molecule has 1 unspecified atom stereocenters. The summed E-state index contributed by atoms with van der Waals surface area (Å²) in [5.41, 5.74) is 3.21. The molecule has 8 rings (SSSR count). The molecular formula is C45H49N5O9. The van der Waals surface area contributed by atoms with Gasteiger partial charge in [0.2, 0.25) is 5.56 Å². The fourth-order valence-corrected chi connectivity index (χ4v) is 7.67. The van der Waals surface area contributed by atoms with Crippen molar-refractivity contribution in [1.82, 2.24) is 25.8 Å². The van der Waals surface area contributed by atoms with Crippen LogP contribution in [0.15, 0.2) is 108 Å². The Hall–Kier alpha value is -6.22. The predicted molar refractivity (Wildman–Crippen MR) is 220 cm³/mol. The van der Waals surface area contributed by atoms with Gasteiger partial charge >= 0.3 is 12.1 Å². The van der Waals surface area contributed by atoms with Crippen molar-refractivity contribution in [2.75, 3.05) is 45.9 Å². The second-order valence-electron chi connectivity index (χ2n) is 14.9. The quantitative estimate of drug-likeness (QED) is 0.0564. The molecule has 3 saturated heterocycles. The van der Waals surface area contributed by atoms with Crippen LogP contribution in [0.3, 0.4) is 0 Å². The molecule has 0 saturated carbocycles. The molecule has 308 valence electrons. The van der Waals surface area contributed by atoms with E-state index in [0.29, 0.717) is 42.1 Å². The highest BCUT2D eigenvalue weighted by Crippen LogP contribution is 2.33. The average Bonchev–Trinajstić information content (AvgIpc) is 3.26. The number of amides is 2. The van der Waals surface area contributed by atoms with Crippen molar-refractivity contribution in [2.24, 2.45) is 5.92 Å². The van der Waals surface area contributed by atoms with Gasteiger partial charge in [-0.05, 0) is 91.8 Å². The lowest BCUT2D eigenvalue weighted by molar-refractivity contribution is -0.124. The van der Waals surface area contributed by atoms with Crippen molar-refractivity contribution in [1.29, 1.82) is 0 Å². The molecule has 6 N–H and O–H groups in total. The molecule has 14 heteroatoms. The number of esters is 1. The summed E-state index contributed by atoms with van der Waals surface area (Å²) in [6.07, 6.45) is 1.16. The Kier molecular flexibility index (Phi) is 13.5. The number of fused-ring (bicyclic) bond motifs is 4. The largest absolute Gasteiger partial charge is 0.506 e. The van der Waals surface area contributed by atoms with Crippen LogP contribution in [0.2, 0.25) is 0 Å². The van der Waals surface area contributed by atoms with E-state index in [1.54, 1.807) is 36.4 Å². The number of piperidine rings is 3. The maximum Gasteiger partial charge on any atom is 0.408 e. The first-order valence-electron chi connectivity index (χ1n) is 19.9.